The summed E-state index contributed by atoms with van der Waals surface area (Å²) in [6.07, 6.45) is 0. The molecule has 1 amide bonds. The van der Waals surface area contributed by atoms with Gasteiger partial charge in [0, 0.05) is 17.3 Å². The Morgan fingerprint density at radius 3 is 2.30 bits per heavy atom. The summed E-state index contributed by atoms with van der Waals surface area (Å²) in [6, 6.07) is 9.57. The monoisotopic (exact) mass is 369 g/mol. The molecule has 1 aliphatic heterocycles. The molecule has 7 heteroatoms. The maximum Gasteiger partial charge on any atom is 0.338 e. The highest BCUT2D eigenvalue weighted by molar-refractivity contribution is 6.05. The summed E-state index contributed by atoms with van der Waals surface area (Å²) in [5.41, 5.74) is 2.06. The van der Waals surface area contributed by atoms with E-state index in [2.05, 4.69) is 5.32 Å². The van der Waals surface area contributed by atoms with Crippen LogP contribution >= 0.6 is 0 Å². The lowest BCUT2D eigenvalue weighted by molar-refractivity contribution is -0.116. The first-order valence-corrected chi connectivity index (χ1v) is 8.31. The molecule has 3 rings (SSSR count). The van der Waals surface area contributed by atoms with Gasteiger partial charge in [-0.05, 0) is 42.8 Å². The van der Waals surface area contributed by atoms with Crippen molar-refractivity contribution in [3.05, 3.63) is 53.1 Å². The van der Waals surface area contributed by atoms with Crippen molar-refractivity contribution < 1.29 is 28.6 Å². The van der Waals surface area contributed by atoms with Crippen molar-refractivity contribution in [1.29, 1.82) is 0 Å². The van der Waals surface area contributed by atoms with Crippen LogP contribution in [-0.2, 0) is 9.53 Å². The molecule has 0 bridgehead atoms. The Morgan fingerprint density at radius 1 is 1.00 bits per heavy atom. The van der Waals surface area contributed by atoms with Crippen LogP contribution in [0.25, 0.3) is 0 Å². The Kier molecular flexibility index (Phi) is 5.12. The van der Waals surface area contributed by atoms with Crippen LogP contribution < -0.4 is 14.8 Å². The first kappa shape index (κ1) is 18.4. The van der Waals surface area contributed by atoms with Gasteiger partial charge < -0.3 is 19.5 Å². The molecular formula is C20H19NO6. The first-order valence-electron chi connectivity index (χ1n) is 8.31. The van der Waals surface area contributed by atoms with Crippen LogP contribution in [0.1, 0.15) is 39.1 Å². The fourth-order valence-electron chi connectivity index (χ4n) is 2.81. The zero-order valence-corrected chi connectivity index (χ0v) is 15.2. The summed E-state index contributed by atoms with van der Waals surface area (Å²) in [6.45, 7) is 1.36. The number of carbonyl (C=O) groups excluding carboxylic acids is 3. The third-order valence-electron chi connectivity index (χ3n) is 4.41. The predicted octanol–water partition coefficient (Wildman–Crippen LogP) is 2.80. The zero-order valence-electron chi connectivity index (χ0n) is 15.2. The van der Waals surface area contributed by atoms with E-state index in [1.807, 2.05) is 0 Å². The third-order valence-corrected chi connectivity index (χ3v) is 4.41. The van der Waals surface area contributed by atoms with E-state index < -0.39 is 12.6 Å². The number of Topliss-reactive ketones (excluding diaryl/α,β-unsaturated/α-hetero) is 1. The molecule has 0 aliphatic carbocycles. The Bertz CT molecular complexity index is 898. The Labute approximate surface area is 156 Å². The number of carbonyl (C=O) groups is 3. The van der Waals surface area contributed by atoms with Crippen LogP contribution in [0.4, 0.5) is 5.69 Å². The maximum atomic E-state index is 12.4. The number of esters is 1. The molecule has 0 saturated carbocycles. The second-order valence-electron chi connectivity index (χ2n) is 6.11. The van der Waals surface area contributed by atoms with E-state index in [1.54, 1.807) is 31.2 Å². The van der Waals surface area contributed by atoms with Gasteiger partial charge in [-0.2, -0.15) is 0 Å². The van der Waals surface area contributed by atoms with Crippen LogP contribution in [0.3, 0.4) is 0 Å². The minimum absolute atomic E-state index is 0.104. The standard InChI is InChI=1S/C20H19NO6/c1-11-16-8-12(4-5-17(16)21-19(11)23)18(22)10-27-20(24)13-6-14(25-2)9-15(7-13)26-3/h4-9,11H,10H2,1-3H3,(H,21,23)/t11-/m1/s1. The van der Waals surface area contributed by atoms with E-state index in [0.717, 1.165) is 5.56 Å². The number of ketones is 1. The molecule has 1 atom stereocenters. The first-order chi connectivity index (χ1) is 12.9. The minimum Gasteiger partial charge on any atom is -0.497 e. The topological polar surface area (TPSA) is 90.9 Å². The van der Waals surface area contributed by atoms with E-state index in [9.17, 15) is 14.4 Å². The molecule has 2 aromatic carbocycles. The van der Waals surface area contributed by atoms with Gasteiger partial charge in [-0.3, -0.25) is 9.59 Å². The summed E-state index contributed by atoms with van der Waals surface area (Å²) in [7, 11) is 2.95. The van der Waals surface area contributed by atoms with Gasteiger partial charge in [0.1, 0.15) is 11.5 Å². The zero-order chi connectivity index (χ0) is 19.6. The van der Waals surface area contributed by atoms with Gasteiger partial charge >= 0.3 is 5.97 Å². The summed E-state index contributed by atoms with van der Waals surface area (Å²) in [5, 5.41) is 2.75. The lowest BCUT2D eigenvalue weighted by atomic mass is 9.99. The Morgan fingerprint density at radius 2 is 1.67 bits per heavy atom. The second kappa shape index (κ2) is 7.49. The molecule has 0 aromatic heterocycles. The highest BCUT2D eigenvalue weighted by Crippen LogP contribution is 2.32. The van der Waals surface area contributed by atoms with Crippen molar-refractivity contribution in [2.45, 2.75) is 12.8 Å². The molecule has 0 spiro atoms. The molecule has 140 valence electrons. The summed E-state index contributed by atoms with van der Waals surface area (Å²) < 4.78 is 15.4. The summed E-state index contributed by atoms with van der Waals surface area (Å²) in [4.78, 5) is 36.3. The lowest BCUT2D eigenvalue weighted by Gasteiger charge is -2.09. The Hall–Kier alpha value is -3.35. The lowest BCUT2D eigenvalue weighted by Crippen LogP contribution is -2.14. The van der Waals surface area contributed by atoms with Crippen molar-refractivity contribution >= 4 is 23.3 Å². The van der Waals surface area contributed by atoms with Crippen molar-refractivity contribution in [3.63, 3.8) is 0 Å². The van der Waals surface area contributed by atoms with Crippen molar-refractivity contribution in [1.82, 2.24) is 0 Å². The number of amides is 1. The van der Waals surface area contributed by atoms with Crippen LogP contribution in [0.15, 0.2) is 36.4 Å². The second-order valence-corrected chi connectivity index (χ2v) is 6.11. The molecule has 7 nitrogen and oxygen atoms in total. The smallest absolute Gasteiger partial charge is 0.338 e. The number of hydrogen-bond acceptors (Lipinski definition) is 6. The van der Waals surface area contributed by atoms with Gasteiger partial charge in [0.2, 0.25) is 5.91 Å². The molecule has 0 fully saturated rings. The normalized spacial score (nSPS) is 14.9. The van der Waals surface area contributed by atoms with Crippen molar-refractivity contribution in [3.8, 4) is 11.5 Å². The number of ether oxygens (including phenoxy) is 3. The van der Waals surface area contributed by atoms with Gasteiger partial charge in [-0.15, -0.1) is 0 Å². The maximum absolute atomic E-state index is 12.4. The summed E-state index contributed by atoms with van der Waals surface area (Å²) >= 11 is 0. The number of rotatable bonds is 6. The largest absolute Gasteiger partial charge is 0.497 e. The molecule has 0 radical (unpaired) electrons. The van der Waals surface area contributed by atoms with Gasteiger partial charge in [-0.1, -0.05) is 0 Å². The van der Waals surface area contributed by atoms with Gasteiger partial charge in [0.05, 0.1) is 25.7 Å². The van der Waals surface area contributed by atoms with Crippen molar-refractivity contribution in [2.75, 3.05) is 26.1 Å². The van der Waals surface area contributed by atoms with Gasteiger partial charge in [-0.25, -0.2) is 4.79 Å². The SMILES string of the molecule is COc1cc(OC)cc(C(=O)OCC(=O)c2ccc3c(c2)[C@@H](C)C(=O)N3)c1. The van der Waals surface area contributed by atoms with Crippen LogP contribution in [-0.4, -0.2) is 38.5 Å². The number of nitrogens with one attached hydrogen (secondary N) is 1. The van der Waals surface area contributed by atoms with E-state index in [4.69, 9.17) is 14.2 Å². The van der Waals surface area contributed by atoms with Crippen molar-refractivity contribution in [2.24, 2.45) is 0 Å². The van der Waals surface area contributed by atoms with Gasteiger partial charge in [0.25, 0.3) is 0 Å². The fraction of sp³-hybridized carbons (Fsp3) is 0.250. The quantitative estimate of drug-likeness (QED) is 0.622. The van der Waals surface area contributed by atoms with E-state index in [1.165, 1.54) is 26.4 Å². The van der Waals surface area contributed by atoms with E-state index in [-0.39, 0.29) is 23.2 Å². The predicted molar refractivity (Wildman–Crippen MR) is 97.6 cm³/mol. The average molecular weight is 369 g/mol. The number of methoxy groups -OCH3 is 2. The average Bonchev–Trinajstić information content (AvgIpc) is 2.98. The molecule has 1 aliphatic rings. The van der Waals surface area contributed by atoms with Crippen LogP contribution in [0.2, 0.25) is 0 Å². The molecule has 0 unspecified atom stereocenters. The molecule has 1 heterocycles. The fourth-order valence-corrected chi connectivity index (χ4v) is 2.81. The molecule has 2 aromatic rings. The molecule has 0 saturated heterocycles. The highest BCUT2D eigenvalue weighted by Gasteiger charge is 2.27. The highest BCUT2D eigenvalue weighted by atomic mass is 16.5. The minimum atomic E-state index is -0.660. The molecular weight excluding hydrogens is 350 g/mol. The van der Waals surface area contributed by atoms with Gasteiger partial charge in [0.15, 0.2) is 12.4 Å². The third kappa shape index (κ3) is 3.76. The Balaban J connectivity index is 1.69. The number of benzene rings is 2. The van der Waals surface area contributed by atoms with E-state index >= 15 is 0 Å². The van der Waals surface area contributed by atoms with Crippen LogP contribution in [0, 0.1) is 0 Å². The molecule has 1 N–H and O–H groups in total. The number of anilines is 1. The number of fused-ring (bicyclic) bond motifs is 1. The summed E-state index contributed by atoms with van der Waals surface area (Å²) in [5.74, 6) is -0.554. The molecule has 27 heavy (non-hydrogen) atoms. The van der Waals surface area contributed by atoms with E-state index in [0.29, 0.717) is 22.7 Å². The number of hydrogen-bond donors (Lipinski definition) is 1. The van der Waals surface area contributed by atoms with Crippen LogP contribution in [0.5, 0.6) is 11.5 Å².